The summed E-state index contributed by atoms with van der Waals surface area (Å²) in [7, 11) is -0.531. The average molecular weight is 427 g/mol. The van der Waals surface area contributed by atoms with E-state index in [1.807, 2.05) is 31.2 Å². The summed E-state index contributed by atoms with van der Waals surface area (Å²) in [6, 6.07) is 20.6. The number of nitrogens with zero attached hydrogens (tertiary/aromatic N) is 2. The second-order valence-corrected chi connectivity index (χ2v) is 9.17. The summed E-state index contributed by atoms with van der Waals surface area (Å²) >= 11 is 5.30. The van der Waals surface area contributed by atoms with Gasteiger partial charge in [0.2, 0.25) is 10.0 Å². The summed E-state index contributed by atoms with van der Waals surface area (Å²) in [5.74, 6) is 0. The standard InChI is InChI=1S/C21H22N4O2S2/c1-15(19-13-6-9-16-8-4-5-12-20(16)19)23-24-21(28)22-17-10-7-11-18(14-17)29(26,27)25(2)3/h4-14H,1-3H3,(H2,22,24,28)/b23-15+. The van der Waals surface area contributed by atoms with E-state index in [0.29, 0.717) is 5.69 Å². The summed E-state index contributed by atoms with van der Waals surface area (Å²) in [5.41, 5.74) is 5.18. The molecule has 0 saturated heterocycles. The third-order valence-corrected chi connectivity index (χ3v) is 6.38. The van der Waals surface area contributed by atoms with E-state index in [1.54, 1.807) is 18.2 Å². The van der Waals surface area contributed by atoms with Gasteiger partial charge in [-0.3, -0.25) is 5.43 Å². The highest BCUT2D eigenvalue weighted by Gasteiger charge is 2.17. The van der Waals surface area contributed by atoms with Gasteiger partial charge >= 0.3 is 0 Å². The Morgan fingerprint density at radius 3 is 2.45 bits per heavy atom. The highest BCUT2D eigenvalue weighted by molar-refractivity contribution is 7.89. The fourth-order valence-electron chi connectivity index (χ4n) is 2.84. The first-order chi connectivity index (χ1) is 13.8. The lowest BCUT2D eigenvalue weighted by atomic mass is 10.0. The van der Waals surface area contributed by atoms with E-state index in [2.05, 4.69) is 34.0 Å². The lowest BCUT2D eigenvalue weighted by Crippen LogP contribution is -2.25. The summed E-state index contributed by atoms with van der Waals surface area (Å²) in [4.78, 5) is 0.186. The molecule has 0 radical (unpaired) electrons. The van der Waals surface area contributed by atoms with Gasteiger partial charge < -0.3 is 5.32 Å². The number of fused-ring (bicyclic) bond motifs is 1. The van der Waals surface area contributed by atoms with Crippen LogP contribution in [-0.4, -0.2) is 37.6 Å². The summed E-state index contributed by atoms with van der Waals surface area (Å²) < 4.78 is 25.7. The molecule has 6 nitrogen and oxygen atoms in total. The second kappa shape index (κ2) is 8.69. The monoisotopic (exact) mass is 426 g/mol. The quantitative estimate of drug-likeness (QED) is 0.369. The van der Waals surface area contributed by atoms with Gasteiger partial charge in [-0.15, -0.1) is 0 Å². The van der Waals surface area contributed by atoms with Crippen LogP contribution in [0.3, 0.4) is 0 Å². The van der Waals surface area contributed by atoms with E-state index < -0.39 is 10.0 Å². The Morgan fingerprint density at radius 1 is 1.00 bits per heavy atom. The highest BCUT2D eigenvalue weighted by atomic mass is 32.2. The first-order valence-corrected chi connectivity index (χ1v) is 10.8. The van der Waals surface area contributed by atoms with Gasteiger partial charge in [0, 0.05) is 25.3 Å². The van der Waals surface area contributed by atoms with Crippen molar-refractivity contribution in [3.63, 3.8) is 0 Å². The SMILES string of the molecule is C/C(=N\NC(=S)Nc1cccc(S(=O)(=O)N(C)C)c1)c1cccc2ccccc12. The van der Waals surface area contributed by atoms with Gasteiger partial charge in [-0.1, -0.05) is 48.5 Å². The second-order valence-electron chi connectivity index (χ2n) is 6.61. The molecule has 0 aliphatic carbocycles. The normalized spacial score (nSPS) is 12.2. The fraction of sp³-hybridized carbons (Fsp3) is 0.143. The molecule has 0 unspecified atom stereocenters. The average Bonchev–Trinajstić information content (AvgIpc) is 2.71. The van der Waals surface area contributed by atoms with Crippen molar-refractivity contribution >= 4 is 49.5 Å². The molecule has 3 aromatic rings. The van der Waals surface area contributed by atoms with Crippen LogP contribution in [0.2, 0.25) is 0 Å². The maximum Gasteiger partial charge on any atom is 0.242 e. The molecule has 29 heavy (non-hydrogen) atoms. The summed E-state index contributed by atoms with van der Waals surface area (Å²) in [5, 5.41) is 9.86. The van der Waals surface area contributed by atoms with E-state index in [-0.39, 0.29) is 10.0 Å². The van der Waals surface area contributed by atoms with E-state index in [4.69, 9.17) is 12.2 Å². The van der Waals surface area contributed by atoms with E-state index in [1.165, 1.54) is 24.5 Å². The molecular formula is C21H22N4O2S2. The van der Waals surface area contributed by atoms with E-state index >= 15 is 0 Å². The molecule has 3 rings (SSSR count). The van der Waals surface area contributed by atoms with E-state index in [9.17, 15) is 8.42 Å². The first-order valence-electron chi connectivity index (χ1n) is 8.91. The Hall–Kier alpha value is -2.81. The third-order valence-electron chi connectivity index (χ3n) is 4.38. The van der Waals surface area contributed by atoms with Gasteiger partial charge in [0.1, 0.15) is 0 Å². The van der Waals surface area contributed by atoms with E-state index in [0.717, 1.165) is 22.0 Å². The van der Waals surface area contributed by atoms with Crippen LogP contribution in [0.25, 0.3) is 10.8 Å². The predicted octanol–water partition coefficient (Wildman–Crippen LogP) is 3.80. The number of sulfonamides is 1. The molecule has 0 aromatic heterocycles. The first kappa shape index (κ1) is 20.9. The van der Waals surface area contributed by atoms with Crippen LogP contribution in [-0.2, 0) is 10.0 Å². The molecule has 8 heteroatoms. The molecule has 0 spiro atoms. The molecule has 150 valence electrons. The molecule has 0 saturated carbocycles. The zero-order valence-corrected chi connectivity index (χ0v) is 18.0. The van der Waals surface area contributed by atoms with Crippen LogP contribution in [0.4, 0.5) is 5.69 Å². The van der Waals surface area contributed by atoms with Crippen LogP contribution in [0.15, 0.2) is 76.7 Å². The zero-order chi connectivity index (χ0) is 21.0. The lowest BCUT2D eigenvalue weighted by Gasteiger charge is -2.13. The topological polar surface area (TPSA) is 73.8 Å². The van der Waals surface area contributed by atoms with Crippen molar-refractivity contribution in [2.24, 2.45) is 5.10 Å². The maximum absolute atomic E-state index is 12.3. The van der Waals surface area contributed by atoms with Crippen molar-refractivity contribution in [3.8, 4) is 0 Å². The summed E-state index contributed by atoms with van der Waals surface area (Å²) in [6.45, 7) is 1.90. The Labute approximate surface area is 176 Å². The van der Waals surface area contributed by atoms with Crippen LogP contribution < -0.4 is 10.7 Å². The molecule has 0 bridgehead atoms. The predicted molar refractivity (Wildman–Crippen MR) is 123 cm³/mol. The molecule has 2 N–H and O–H groups in total. The Morgan fingerprint density at radius 2 is 1.69 bits per heavy atom. The largest absolute Gasteiger partial charge is 0.331 e. The van der Waals surface area contributed by atoms with Crippen molar-refractivity contribution < 1.29 is 8.42 Å². The lowest BCUT2D eigenvalue weighted by molar-refractivity contribution is 0.521. The molecular weight excluding hydrogens is 404 g/mol. The van der Waals surface area contributed by atoms with Crippen LogP contribution in [0, 0.1) is 0 Å². The minimum atomic E-state index is -3.52. The third kappa shape index (κ3) is 4.79. The van der Waals surface area contributed by atoms with Gasteiger partial charge in [-0.05, 0) is 48.1 Å². The van der Waals surface area contributed by atoms with Gasteiger partial charge in [0.25, 0.3) is 0 Å². The van der Waals surface area contributed by atoms with Crippen LogP contribution >= 0.6 is 12.2 Å². The van der Waals surface area contributed by atoms with Crippen molar-refractivity contribution in [1.82, 2.24) is 9.73 Å². The number of rotatable bonds is 5. The van der Waals surface area contributed by atoms with Gasteiger partial charge in [0.05, 0.1) is 10.6 Å². The Bertz CT molecular complexity index is 1180. The van der Waals surface area contributed by atoms with Crippen molar-refractivity contribution in [2.45, 2.75) is 11.8 Å². The number of hydrogen-bond donors (Lipinski definition) is 2. The smallest absolute Gasteiger partial charge is 0.242 e. The minimum absolute atomic E-state index is 0.186. The fourth-order valence-corrected chi connectivity index (χ4v) is 3.95. The van der Waals surface area contributed by atoms with Gasteiger partial charge in [-0.2, -0.15) is 5.10 Å². The molecule has 0 atom stereocenters. The molecule has 0 aliphatic heterocycles. The number of nitrogens with one attached hydrogen (secondary N) is 2. The van der Waals surface area contributed by atoms with Crippen LogP contribution in [0.1, 0.15) is 12.5 Å². The number of anilines is 1. The van der Waals surface area contributed by atoms with Gasteiger partial charge in [-0.25, -0.2) is 12.7 Å². The molecule has 3 aromatic carbocycles. The molecule has 0 amide bonds. The minimum Gasteiger partial charge on any atom is -0.331 e. The maximum atomic E-state index is 12.3. The number of benzene rings is 3. The van der Waals surface area contributed by atoms with Crippen molar-refractivity contribution in [3.05, 3.63) is 72.3 Å². The number of hydrazone groups is 1. The van der Waals surface area contributed by atoms with Gasteiger partial charge in [0.15, 0.2) is 5.11 Å². The van der Waals surface area contributed by atoms with Crippen molar-refractivity contribution in [1.29, 1.82) is 0 Å². The molecule has 0 aliphatic rings. The molecule has 0 heterocycles. The summed E-state index contributed by atoms with van der Waals surface area (Å²) in [6.07, 6.45) is 0. The Kier molecular flexibility index (Phi) is 6.26. The van der Waals surface area contributed by atoms with Crippen LogP contribution in [0.5, 0.6) is 0 Å². The van der Waals surface area contributed by atoms with Crippen molar-refractivity contribution in [2.75, 3.05) is 19.4 Å². The Balaban J connectivity index is 1.74. The number of hydrogen-bond acceptors (Lipinski definition) is 4. The zero-order valence-electron chi connectivity index (χ0n) is 16.4. The number of thiocarbonyl (C=S) groups is 1. The molecule has 0 fully saturated rings. The highest BCUT2D eigenvalue weighted by Crippen LogP contribution is 2.20.